The normalized spacial score (nSPS) is 10.5. The molecule has 1 heterocycles. The van der Waals surface area contributed by atoms with Gasteiger partial charge in [-0.05, 0) is 17.7 Å². The molecule has 0 radical (unpaired) electrons. The van der Waals surface area contributed by atoms with E-state index in [0.29, 0.717) is 11.5 Å². The molecule has 30 heavy (non-hydrogen) atoms. The van der Waals surface area contributed by atoms with Crippen molar-refractivity contribution in [3.63, 3.8) is 0 Å². The van der Waals surface area contributed by atoms with Gasteiger partial charge in [-0.25, -0.2) is 4.79 Å². The number of aromatic amines is 1. The van der Waals surface area contributed by atoms with Gasteiger partial charge in [0.05, 0.1) is 13.7 Å². The Morgan fingerprint density at radius 3 is 2.37 bits per heavy atom. The van der Waals surface area contributed by atoms with E-state index in [2.05, 4.69) is 4.98 Å². The second-order valence-electron chi connectivity index (χ2n) is 6.46. The van der Waals surface area contributed by atoms with Gasteiger partial charge >= 0.3 is 5.69 Å². The van der Waals surface area contributed by atoms with Gasteiger partial charge in [0.1, 0.15) is 5.82 Å². The molecule has 9 heteroatoms. The number of hydrogen-bond acceptors (Lipinski definition) is 6. The van der Waals surface area contributed by atoms with E-state index < -0.39 is 17.2 Å². The Hall–Kier alpha value is -4.01. The van der Waals surface area contributed by atoms with Gasteiger partial charge in [-0.2, -0.15) is 0 Å². The maximum absolute atomic E-state index is 12.6. The number of hydrogen-bond donors (Lipinski definition) is 2. The van der Waals surface area contributed by atoms with E-state index >= 15 is 0 Å². The first-order chi connectivity index (χ1) is 14.4. The topological polar surface area (TPSA) is 120 Å². The largest absolute Gasteiger partial charge is 0.493 e. The van der Waals surface area contributed by atoms with Crippen LogP contribution in [0.4, 0.5) is 11.5 Å². The van der Waals surface area contributed by atoms with Gasteiger partial charge in [0.25, 0.3) is 11.5 Å². The number of nitrogens with two attached hydrogens (primary N) is 1. The molecular weight excluding hydrogens is 388 g/mol. The molecule has 3 N–H and O–H groups in total. The van der Waals surface area contributed by atoms with Crippen LogP contribution < -0.4 is 31.4 Å². The third kappa shape index (κ3) is 4.35. The Labute approximate surface area is 172 Å². The van der Waals surface area contributed by atoms with Crippen LogP contribution in [-0.2, 0) is 11.3 Å². The van der Waals surface area contributed by atoms with Crippen molar-refractivity contribution in [2.75, 3.05) is 31.4 Å². The first kappa shape index (κ1) is 20.7. The van der Waals surface area contributed by atoms with Crippen molar-refractivity contribution in [3.8, 4) is 11.5 Å². The van der Waals surface area contributed by atoms with Gasteiger partial charge in [0.15, 0.2) is 23.8 Å². The summed E-state index contributed by atoms with van der Waals surface area (Å²) in [5.74, 6) is 0.225. The average Bonchev–Trinajstić information content (AvgIpc) is 2.75. The lowest BCUT2D eigenvalue weighted by molar-refractivity contribution is -0.120. The summed E-state index contributed by atoms with van der Waals surface area (Å²) in [6, 6.07) is 16.0. The first-order valence-corrected chi connectivity index (χ1v) is 9.11. The molecule has 1 amide bonds. The second-order valence-corrected chi connectivity index (χ2v) is 6.46. The summed E-state index contributed by atoms with van der Waals surface area (Å²) >= 11 is 0. The van der Waals surface area contributed by atoms with E-state index in [1.165, 1.54) is 18.7 Å². The van der Waals surface area contributed by atoms with Gasteiger partial charge in [-0.15, -0.1) is 0 Å². The highest BCUT2D eigenvalue weighted by molar-refractivity contribution is 5.96. The molecule has 3 rings (SSSR count). The lowest BCUT2D eigenvalue weighted by atomic mass is 10.2. The minimum atomic E-state index is -0.755. The summed E-state index contributed by atoms with van der Waals surface area (Å²) in [5, 5.41) is 0. The van der Waals surface area contributed by atoms with Crippen molar-refractivity contribution in [1.82, 2.24) is 9.55 Å². The fourth-order valence-electron chi connectivity index (χ4n) is 2.92. The fraction of sp³-hybridized carbons (Fsp3) is 0.190. The maximum atomic E-state index is 12.6. The minimum absolute atomic E-state index is 0.110. The first-order valence-electron chi connectivity index (χ1n) is 9.11. The molecule has 3 aromatic rings. The van der Waals surface area contributed by atoms with E-state index in [9.17, 15) is 14.4 Å². The number of para-hydroxylation sites is 2. The molecule has 1 aromatic heterocycles. The Kier molecular flexibility index (Phi) is 6.21. The molecule has 0 aliphatic rings. The van der Waals surface area contributed by atoms with Gasteiger partial charge in [0.2, 0.25) is 0 Å². The maximum Gasteiger partial charge on any atom is 0.330 e. The number of carbonyl (C=O) groups excluding carboxylic acids is 1. The standard InChI is InChI=1S/C21H22N4O5/c1-24(17(26)13-30-16-11-7-6-10-15(16)29-2)18-19(22)25(21(28)23-20(18)27)12-14-8-4-3-5-9-14/h3-11H,12-13,22H2,1-2H3,(H,23,27,28). The molecule has 0 saturated carbocycles. The smallest absolute Gasteiger partial charge is 0.330 e. The molecule has 156 valence electrons. The average molecular weight is 410 g/mol. The number of benzene rings is 2. The number of methoxy groups -OCH3 is 1. The molecule has 0 saturated heterocycles. The van der Waals surface area contributed by atoms with E-state index in [4.69, 9.17) is 15.2 Å². The van der Waals surface area contributed by atoms with E-state index in [1.54, 1.807) is 24.3 Å². The number of rotatable bonds is 7. The summed E-state index contributed by atoms with van der Waals surface area (Å²) < 4.78 is 11.9. The van der Waals surface area contributed by atoms with E-state index in [-0.39, 0.29) is 24.7 Å². The third-order valence-electron chi connectivity index (χ3n) is 4.53. The second kappa shape index (κ2) is 8.99. The summed E-state index contributed by atoms with van der Waals surface area (Å²) in [6.45, 7) is -0.206. The number of likely N-dealkylation sites (N-methyl/N-ethyl adjacent to an activating group) is 1. The van der Waals surface area contributed by atoms with Crippen LogP contribution in [0.3, 0.4) is 0 Å². The van der Waals surface area contributed by atoms with Crippen LogP contribution >= 0.6 is 0 Å². The molecule has 0 unspecified atom stereocenters. The van der Waals surface area contributed by atoms with Gasteiger partial charge < -0.3 is 20.1 Å². The molecule has 0 aliphatic carbocycles. The van der Waals surface area contributed by atoms with Gasteiger partial charge in [-0.1, -0.05) is 42.5 Å². The van der Waals surface area contributed by atoms with Crippen molar-refractivity contribution >= 4 is 17.4 Å². The predicted octanol–water partition coefficient (Wildman–Crippen LogP) is 1.22. The van der Waals surface area contributed by atoms with E-state index in [0.717, 1.165) is 10.5 Å². The summed E-state index contributed by atoms with van der Waals surface area (Å²) in [4.78, 5) is 40.6. The van der Waals surface area contributed by atoms with Crippen LogP contribution in [0.5, 0.6) is 11.5 Å². The quantitative estimate of drug-likeness (QED) is 0.604. The Bertz CT molecular complexity index is 1150. The molecule has 0 bridgehead atoms. The minimum Gasteiger partial charge on any atom is -0.493 e. The van der Waals surface area contributed by atoms with Crippen molar-refractivity contribution in [3.05, 3.63) is 81.0 Å². The number of H-pyrrole nitrogens is 1. The zero-order valence-electron chi connectivity index (χ0n) is 16.6. The third-order valence-corrected chi connectivity index (χ3v) is 4.53. The fourth-order valence-corrected chi connectivity index (χ4v) is 2.92. The Balaban J connectivity index is 1.85. The van der Waals surface area contributed by atoms with Crippen molar-refractivity contribution in [1.29, 1.82) is 0 Å². The van der Waals surface area contributed by atoms with Crippen molar-refractivity contribution in [2.45, 2.75) is 6.54 Å². The zero-order valence-corrected chi connectivity index (χ0v) is 16.6. The Morgan fingerprint density at radius 1 is 1.07 bits per heavy atom. The van der Waals surface area contributed by atoms with Gasteiger partial charge in [0, 0.05) is 7.05 Å². The van der Waals surface area contributed by atoms with Crippen LogP contribution in [-0.4, -0.2) is 36.2 Å². The van der Waals surface area contributed by atoms with E-state index in [1.807, 2.05) is 30.3 Å². The molecule has 0 spiro atoms. The van der Waals surface area contributed by atoms with Crippen LogP contribution in [0.2, 0.25) is 0 Å². The monoisotopic (exact) mass is 410 g/mol. The highest BCUT2D eigenvalue weighted by Crippen LogP contribution is 2.26. The lowest BCUT2D eigenvalue weighted by Gasteiger charge is -2.20. The highest BCUT2D eigenvalue weighted by atomic mass is 16.5. The SMILES string of the molecule is COc1ccccc1OCC(=O)N(C)c1c(N)n(Cc2ccccc2)c(=O)[nH]c1=O. The number of nitrogen functional groups attached to an aromatic ring is 1. The molecule has 2 aromatic carbocycles. The predicted molar refractivity (Wildman–Crippen MR) is 113 cm³/mol. The summed E-state index contributed by atoms with van der Waals surface area (Å²) in [6.07, 6.45) is 0. The van der Waals surface area contributed by atoms with Crippen molar-refractivity contribution < 1.29 is 14.3 Å². The number of anilines is 2. The number of carbonyl (C=O) groups is 1. The lowest BCUT2D eigenvalue weighted by Crippen LogP contribution is -2.41. The zero-order chi connectivity index (χ0) is 21.7. The number of amides is 1. The molecule has 0 aliphatic heterocycles. The molecule has 0 fully saturated rings. The van der Waals surface area contributed by atoms with Crippen molar-refractivity contribution in [2.24, 2.45) is 0 Å². The molecular formula is C21H22N4O5. The number of nitrogens with one attached hydrogen (secondary N) is 1. The summed E-state index contributed by atoms with van der Waals surface area (Å²) in [5.41, 5.74) is 5.39. The summed E-state index contributed by atoms with van der Waals surface area (Å²) in [7, 11) is 2.89. The highest BCUT2D eigenvalue weighted by Gasteiger charge is 2.21. The number of aromatic nitrogens is 2. The van der Waals surface area contributed by atoms with Crippen LogP contribution in [0.25, 0.3) is 0 Å². The Morgan fingerprint density at radius 2 is 1.70 bits per heavy atom. The van der Waals surface area contributed by atoms with Crippen LogP contribution in [0.15, 0.2) is 64.2 Å². The number of nitrogens with zero attached hydrogens (tertiary/aromatic N) is 2. The molecule has 0 atom stereocenters. The van der Waals surface area contributed by atoms with Crippen LogP contribution in [0.1, 0.15) is 5.56 Å². The molecule has 9 nitrogen and oxygen atoms in total. The van der Waals surface area contributed by atoms with Crippen LogP contribution in [0, 0.1) is 0 Å². The number of ether oxygens (including phenoxy) is 2. The van der Waals surface area contributed by atoms with Gasteiger partial charge in [-0.3, -0.25) is 19.1 Å².